The molecule has 1 saturated heterocycles. The van der Waals surface area contributed by atoms with Crippen LogP contribution in [0.25, 0.3) is 22.4 Å². The van der Waals surface area contributed by atoms with Crippen molar-refractivity contribution in [3.63, 3.8) is 0 Å². The van der Waals surface area contributed by atoms with E-state index in [1.807, 2.05) is 48.5 Å². The molecule has 1 aliphatic rings. The molecule has 0 radical (unpaired) electrons. The molecule has 0 unspecified atom stereocenters. The van der Waals surface area contributed by atoms with Crippen LogP contribution < -0.4 is 10.6 Å². The second kappa shape index (κ2) is 13.9. The second-order valence-electron chi connectivity index (χ2n) is 10.3. The number of benzene rings is 2. The first-order chi connectivity index (χ1) is 20.9. The van der Waals surface area contributed by atoms with Crippen molar-refractivity contribution in [1.29, 1.82) is 5.26 Å². The number of aromatic nitrogens is 3. The van der Waals surface area contributed by atoms with Crippen LogP contribution in [0.15, 0.2) is 60.7 Å². The highest BCUT2D eigenvalue weighted by molar-refractivity contribution is 7.85. The number of nitrogens with zero attached hydrogens (tertiary/aromatic N) is 4. The average Bonchev–Trinajstić information content (AvgIpc) is 3.43. The predicted octanol–water partition coefficient (Wildman–Crippen LogP) is 4.03. The zero-order chi connectivity index (χ0) is 31.9. The van der Waals surface area contributed by atoms with E-state index in [2.05, 4.69) is 21.7 Å². The summed E-state index contributed by atoms with van der Waals surface area (Å²) in [7, 11) is -3.67. The molecule has 4 N–H and O–H groups in total. The Bertz CT molecular complexity index is 1790. The highest BCUT2D eigenvalue weighted by atomic mass is 35.5. The van der Waals surface area contributed by atoms with Crippen LogP contribution in [0.5, 0.6) is 0 Å². The lowest BCUT2D eigenvalue weighted by atomic mass is 9.74. The Kier molecular flexibility index (Phi) is 10.2. The number of nitriles is 1. The summed E-state index contributed by atoms with van der Waals surface area (Å²) in [6.07, 6.45) is 1.70. The van der Waals surface area contributed by atoms with Crippen molar-refractivity contribution in [1.82, 2.24) is 25.2 Å². The van der Waals surface area contributed by atoms with Gasteiger partial charge in [0, 0.05) is 43.7 Å². The Balaban J connectivity index is 0.000000818. The molecule has 2 aromatic heterocycles. The average molecular weight is 638 g/mol. The number of fused-ring (bicyclic) bond motifs is 1. The Morgan fingerprint density at radius 2 is 1.73 bits per heavy atom. The monoisotopic (exact) mass is 637 g/mol. The van der Waals surface area contributed by atoms with Crippen LogP contribution in [0.3, 0.4) is 0 Å². The number of hydrogen-bond acceptors (Lipinski definition) is 8. The molecular formula is C30H32ClN7O5S. The molecule has 0 bridgehead atoms. The number of hydrogen-bond donors (Lipinski definition) is 4. The number of amides is 2. The van der Waals surface area contributed by atoms with E-state index in [-0.39, 0.29) is 11.8 Å². The minimum Gasteiger partial charge on any atom is -0.368 e. The number of carbonyl (C=O) groups is 2. The minimum absolute atomic E-state index is 0.111. The van der Waals surface area contributed by atoms with Crippen LogP contribution in [0.1, 0.15) is 35.8 Å². The zero-order valence-corrected chi connectivity index (χ0v) is 25.7. The van der Waals surface area contributed by atoms with Gasteiger partial charge in [0.15, 0.2) is 5.82 Å². The quantitative estimate of drug-likeness (QED) is 0.172. The summed E-state index contributed by atoms with van der Waals surface area (Å²) in [5, 5.41) is 17.3. The smallest absolute Gasteiger partial charge is 0.270 e. The lowest BCUT2D eigenvalue weighted by molar-refractivity contribution is -0.118. The third kappa shape index (κ3) is 8.10. The van der Waals surface area contributed by atoms with Crippen LogP contribution in [0.4, 0.5) is 5.82 Å². The SMILES string of the molecule is CC(=O)NCCNc1nc(-c2ccccc2)nc2[nH]c(C(=O)N3CCC(C#N)(c4ccccc4Cl)CC3)cc12.CS(=O)(=O)O. The van der Waals surface area contributed by atoms with E-state index in [9.17, 15) is 23.3 Å². The van der Waals surface area contributed by atoms with E-state index in [0.29, 0.717) is 78.7 Å². The zero-order valence-electron chi connectivity index (χ0n) is 24.2. The van der Waals surface area contributed by atoms with Gasteiger partial charge in [0.1, 0.15) is 17.2 Å². The first-order valence-corrected chi connectivity index (χ1v) is 16.0. The fourth-order valence-electron chi connectivity index (χ4n) is 4.95. The van der Waals surface area contributed by atoms with Crippen molar-refractivity contribution in [2.45, 2.75) is 25.2 Å². The number of rotatable bonds is 7. The molecule has 2 amide bonds. The molecule has 230 valence electrons. The highest BCUT2D eigenvalue weighted by Gasteiger charge is 2.39. The predicted molar refractivity (Wildman–Crippen MR) is 168 cm³/mol. The van der Waals surface area contributed by atoms with Gasteiger partial charge in [0.2, 0.25) is 5.91 Å². The Morgan fingerprint density at radius 3 is 2.34 bits per heavy atom. The Morgan fingerprint density at radius 1 is 1.09 bits per heavy atom. The molecule has 0 atom stereocenters. The van der Waals surface area contributed by atoms with Gasteiger partial charge in [-0.2, -0.15) is 13.7 Å². The number of carbonyl (C=O) groups excluding carboxylic acids is 2. The van der Waals surface area contributed by atoms with E-state index in [1.165, 1.54) is 6.92 Å². The summed E-state index contributed by atoms with van der Waals surface area (Å²) in [6.45, 7) is 3.21. The summed E-state index contributed by atoms with van der Waals surface area (Å²) in [4.78, 5) is 39.2. The maximum absolute atomic E-state index is 13.5. The number of likely N-dealkylation sites (tertiary alicyclic amines) is 1. The van der Waals surface area contributed by atoms with Crippen molar-refractivity contribution in [2.24, 2.45) is 0 Å². The third-order valence-electron chi connectivity index (χ3n) is 7.05. The van der Waals surface area contributed by atoms with E-state index in [1.54, 1.807) is 17.0 Å². The maximum atomic E-state index is 13.5. The molecule has 12 nitrogen and oxygen atoms in total. The van der Waals surface area contributed by atoms with Crippen LogP contribution in [0.2, 0.25) is 5.02 Å². The number of halogens is 1. The fourth-order valence-corrected chi connectivity index (χ4v) is 5.26. The number of nitrogens with one attached hydrogen (secondary N) is 3. The van der Waals surface area contributed by atoms with Gasteiger partial charge in [0.25, 0.3) is 16.0 Å². The lowest BCUT2D eigenvalue weighted by Gasteiger charge is -2.37. The Labute approximate surface area is 260 Å². The lowest BCUT2D eigenvalue weighted by Crippen LogP contribution is -2.44. The standard InChI is InChI=1S/C29H28ClN7O2.CH4O3S/c1-19(38)32-13-14-33-26-21-17-24(34-27(21)36-25(35-26)20-7-3-2-4-8-20)28(39)37-15-11-29(18-31,12-16-37)22-9-5-6-10-23(22)30;1-5(2,3)4/h2-10,17H,11-16H2,1H3,(H,32,38)(H2,33,34,35,36);1H3,(H,2,3,4). The molecule has 1 aliphatic heterocycles. The van der Waals surface area contributed by atoms with Gasteiger partial charge < -0.3 is 20.5 Å². The van der Waals surface area contributed by atoms with E-state index < -0.39 is 15.5 Å². The van der Waals surface area contributed by atoms with Gasteiger partial charge in [-0.15, -0.1) is 0 Å². The molecule has 0 saturated carbocycles. The summed E-state index contributed by atoms with van der Waals surface area (Å²) in [6, 6.07) is 21.2. The molecule has 4 aromatic rings. The molecule has 3 heterocycles. The summed E-state index contributed by atoms with van der Waals surface area (Å²) in [5.74, 6) is 0.813. The second-order valence-corrected chi connectivity index (χ2v) is 12.2. The number of H-pyrrole nitrogens is 1. The molecular weight excluding hydrogens is 606 g/mol. The largest absolute Gasteiger partial charge is 0.368 e. The highest BCUT2D eigenvalue weighted by Crippen LogP contribution is 2.39. The minimum atomic E-state index is -3.67. The molecule has 0 aliphatic carbocycles. The van der Waals surface area contributed by atoms with Crippen LogP contribution >= 0.6 is 11.6 Å². The maximum Gasteiger partial charge on any atom is 0.270 e. The van der Waals surface area contributed by atoms with Crippen LogP contribution in [-0.2, 0) is 20.3 Å². The van der Waals surface area contributed by atoms with Gasteiger partial charge in [-0.25, -0.2) is 9.97 Å². The third-order valence-corrected chi connectivity index (χ3v) is 7.38. The van der Waals surface area contributed by atoms with Gasteiger partial charge in [-0.3, -0.25) is 14.1 Å². The number of piperidine rings is 1. The van der Waals surface area contributed by atoms with Crippen molar-refractivity contribution in [3.8, 4) is 17.5 Å². The molecule has 14 heteroatoms. The topological polar surface area (TPSA) is 181 Å². The van der Waals surface area contributed by atoms with Crippen molar-refractivity contribution >= 4 is 50.4 Å². The van der Waals surface area contributed by atoms with Gasteiger partial charge in [-0.05, 0) is 30.5 Å². The molecule has 5 rings (SSSR count). The summed E-state index contributed by atoms with van der Waals surface area (Å²) >= 11 is 6.42. The van der Waals surface area contributed by atoms with Gasteiger partial charge >= 0.3 is 0 Å². The summed E-state index contributed by atoms with van der Waals surface area (Å²) < 4.78 is 25.9. The molecule has 0 spiro atoms. The fraction of sp³-hybridized carbons (Fsp3) is 0.300. The molecule has 2 aromatic carbocycles. The van der Waals surface area contributed by atoms with Gasteiger partial charge in [-0.1, -0.05) is 60.1 Å². The van der Waals surface area contributed by atoms with E-state index in [0.717, 1.165) is 11.1 Å². The normalized spacial score (nSPS) is 14.2. The Hall–Kier alpha value is -4.51. The number of anilines is 1. The van der Waals surface area contributed by atoms with E-state index in [4.69, 9.17) is 26.1 Å². The van der Waals surface area contributed by atoms with Crippen molar-refractivity contribution in [3.05, 3.63) is 76.9 Å². The van der Waals surface area contributed by atoms with Crippen molar-refractivity contribution in [2.75, 3.05) is 37.8 Å². The first-order valence-electron chi connectivity index (χ1n) is 13.7. The van der Waals surface area contributed by atoms with Crippen molar-refractivity contribution < 1.29 is 22.6 Å². The number of aromatic amines is 1. The van der Waals surface area contributed by atoms with Gasteiger partial charge in [0.05, 0.1) is 23.1 Å². The first kappa shape index (κ1) is 32.4. The summed E-state index contributed by atoms with van der Waals surface area (Å²) in [5.41, 5.74) is 1.86. The van der Waals surface area contributed by atoms with Crippen LogP contribution in [0, 0.1) is 11.3 Å². The van der Waals surface area contributed by atoms with E-state index >= 15 is 0 Å². The molecule has 44 heavy (non-hydrogen) atoms. The van der Waals surface area contributed by atoms with Crippen LogP contribution in [-0.4, -0.2) is 77.1 Å². The molecule has 1 fully saturated rings.